The van der Waals surface area contributed by atoms with Gasteiger partial charge in [-0.05, 0) is 67.1 Å². The fourth-order valence-corrected chi connectivity index (χ4v) is 8.07. The Morgan fingerprint density at radius 1 is 1.14 bits per heavy atom. The number of aliphatic hydroxyl groups excluding tert-OH is 1. The molecule has 2 N–H and O–H groups in total. The normalized spacial score (nSPS) is 22.6. The van der Waals surface area contributed by atoms with E-state index >= 15 is 0 Å². The molecule has 0 bridgehead atoms. The van der Waals surface area contributed by atoms with E-state index in [1.54, 1.807) is 6.07 Å². The summed E-state index contributed by atoms with van der Waals surface area (Å²) in [5.74, 6) is -0.676. The van der Waals surface area contributed by atoms with Crippen molar-refractivity contribution in [3.05, 3.63) is 53.6 Å². The van der Waals surface area contributed by atoms with Gasteiger partial charge in [0.05, 0.1) is 16.8 Å². The molecular weight excluding hydrogens is 552 g/mol. The topological polar surface area (TPSA) is 86.7 Å². The Hall–Kier alpha value is -1.90. The van der Waals surface area contributed by atoms with Gasteiger partial charge in [0, 0.05) is 48.6 Å². The monoisotopic (exact) mass is 592 g/mol. The number of anilines is 2. The van der Waals surface area contributed by atoms with Gasteiger partial charge < -0.3 is 15.3 Å². The third kappa shape index (κ3) is 6.76. The van der Waals surface area contributed by atoms with Gasteiger partial charge >= 0.3 is 0 Å². The number of aliphatic hydroxyl groups is 1. The number of sulfone groups is 1. The number of carbonyl (C=O) groups is 1. The fourth-order valence-electron chi connectivity index (χ4n) is 5.42. The molecule has 6 nitrogen and oxygen atoms in total. The number of amides is 1. The van der Waals surface area contributed by atoms with Crippen LogP contribution in [0.1, 0.15) is 75.8 Å². The Balaban J connectivity index is 2.16. The second-order valence-electron chi connectivity index (χ2n) is 10.4. The average Bonchev–Trinajstić information content (AvgIpc) is 2.93. The van der Waals surface area contributed by atoms with Crippen molar-refractivity contribution < 1.29 is 18.3 Å². The van der Waals surface area contributed by atoms with Gasteiger partial charge in [-0.2, -0.15) is 0 Å². The molecule has 204 valence electrons. The van der Waals surface area contributed by atoms with Crippen molar-refractivity contribution in [3.8, 4) is 0 Å². The van der Waals surface area contributed by atoms with Crippen LogP contribution in [0.2, 0.25) is 0 Å². The number of carbonyl (C=O) groups excluding carboxylic acids is 1. The molecule has 0 unspecified atom stereocenters. The first-order valence-corrected chi connectivity index (χ1v) is 16.0. The molecule has 2 aromatic rings. The van der Waals surface area contributed by atoms with Crippen LogP contribution in [-0.4, -0.2) is 50.7 Å². The van der Waals surface area contributed by atoms with Crippen LogP contribution in [-0.2, 0) is 14.6 Å². The summed E-state index contributed by atoms with van der Waals surface area (Å²) in [5, 5.41) is 15.9. The molecule has 2 aromatic carbocycles. The molecular formula is C29H41BrN2O4S. The van der Waals surface area contributed by atoms with Gasteiger partial charge in [-0.15, -0.1) is 0 Å². The maximum Gasteiger partial charge on any atom is 0.224 e. The highest BCUT2D eigenvalue weighted by atomic mass is 79.9. The number of nitrogens with one attached hydrogen (secondary N) is 1. The smallest absolute Gasteiger partial charge is 0.224 e. The Morgan fingerprint density at radius 2 is 1.89 bits per heavy atom. The van der Waals surface area contributed by atoms with Gasteiger partial charge in [0.2, 0.25) is 5.91 Å². The minimum absolute atomic E-state index is 0.0526. The van der Waals surface area contributed by atoms with Gasteiger partial charge in [-0.1, -0.05) is 54.8 Å². The molecule has 0 saturated carbocycles. The molecule has 1 aliphatic heterocycles. The van der Waals surface area contributed by atoms with Gasteiger partial charge in [-0.25, -0.2) is 8.42 Å². The highest BCUT2D eigenvalue weighted by Gasteiger charge is 2.49. The standard InChI is InChI=1S/C29H41BrN2O4S/c1-5-7-16-29(6-2)20-37(35,36)25-15-14-23(32(3)4)19-24(25)27(28(29)34)21-11-10-12-22(18-21)31-26(33)13-8-9-17-30/h10-12,14-15,18-19,27-28,34H,5-9,13,16-17,20H2,1-4H3,(H,31,33)/t27-,28-,29-/m1/s1. The summed E-state index contributed by atoms with van der Waals surface area (Å²) in [5.41, 5.74) is 2.17. The third-order valence-electron chi connectivity index (χ3n) is 7.65. The lowest BCUT2D eigenvalue weighted by Crippen LogP contribution is -2.42. The summed E-state index contributed by atoms with van der Waals surface area (Å²) in [6, 6.07) is 12.9. The molecule has 0 aliphatic carbocycles. The first-order chi connectivity index (χ1) is 17.6. The number of nitrogens with zero attached hydrogens (tertiary/aromatic N) is 1. The highest BCUT2D eigenvalue weighted by Crippen LogP contribution is 2.49. The Kier molecular flexibility index (Phi) is 10.2. The summed E-state index contributed by atoms with van der Waals surface area (Å²) in [6.45, 7) is 4.07. The zero-order valence-corrected chi connectivity index (χ0v) is 24.9. The predicted octanol–water partition coefficient (Wildman–Crippen LogP) is 6.12. The molecule has 1 amide bonds. The fraction of sp³-hybridized carbons (Fsp3) is 0.552. The summed E-state index contributed by atoms with van der Waals surface area (Å²) >= 11 is 3.40. The second-order valence-corrected chi connectivity index (χ2v) is 13.2. The van der Waals surface area contributed by atoms with Crippen molar-refractivity contribution in [3.63, 3.8) is 0 Å². The van der Waals surface area contributed by atoms with E-state index < -0.39 is 27.3 Å². The van der Waals surface area contributed by atoms with Crippen LogP contribution in [0.3, 0.4) is 0 Å². The van der Waals surface area contributed by atoms with Gasteiger partial charge in [0.1, 0.15) is 0 Å². The number of unbranched alkanes of at least 4 members (excludes halogenated alkanes) is 2. The first-order valence-electron chi connectivity index (χ1n) is 13.3. The molecule has 3 atom stereocenters. The van der Waals surface area contributed by atoms with Crippen molar-refractivity contribution in [2.24, 2.45) is 5.41 Å². The minimum Gasteiger partial charge on any atom is -0.392 e. The van der Waals surface area contributed by atoms with Gasteiger partial charge in [-0.3, -0.25) is 4.79 Å². The van der Waals surface area contributed by atoms with Gasteiger partial charge in [0.15, 0.2) is 9.84 Å². The van der Waals surface area contributed by atoms with Crippen LogP contribution >= 0.6 is 15.9 Å². The van der Waals surface area contributed by atoms with Crippen molar-refractivity contribution >= 4 is 43.0 Å². The zero-order chi connectivity index (χ0) is 27.2. The van der Waals surface area contributed by atoms with E-state index in [1.807, 2.05) is 62.3 Å². The van der Waals surface area contributed by atoms with Crippen molar-refractivity contribution in [2.45, 2.75) is 75.7 Å². The largest absolute Gasteiger partial charge is 0.392 e. The number of fused-ring (bicyclic) bond motifs is 1. The number of rotatable bonds is 11. The lowest BCUT2D eigenvalue weighted by atomic mass is 9.69. The van der Waals surface area contributed by atoms with E-state index in [-0.39, 0.29) is 16.6 Å². The van der Waals surface area contributed by atoms with E-state index in [9.17, 15) is 18.3 Å². The van der Waals surface area contributed by atoms with E-state index in [4.69, 9.17) is 0 Å². The number of alkyl halides is 1. The molecule has 0 saturated heterocycles. The predicted molar refractivity (Wildman–Crippen MR) is 156 cm³/mol. The summed E-state index contributed by atoms with van der Waals surface area (Å²) in [6.07, 6.45) is 4.22. The van der Waals surface area contributed by atoms with Crippen LogP contribution < -0.4 is 10.2 Å². The molecule has 0 aromatic heterocycles. The van der Waals surface area contributed by atoms with Crippen molar-refractivity contribution in [1.29, 1.82) is 0 Å². The van der Waals surface area contributed by atoms with Crippen LogP contribution in [0.25, 0.3) is 0 Å². The zero-order valence-electron chi connectivity index (χ0n) is 22.5. The van der Waals surface area contributed by atoms with Crippen molar-refractivity contribution in [2.75, 3.05) is 35.4 Å². The molecule has 3 rings (SSSR count). The molecule has 0 fully saturated rings. The molecule has 8 heteroatoms. The van der Waals surface area contributed by atoms with Crippen LogP contribution in [0.5, 0.6) is 0 Å². The Bertz CT molecular complexity index is 1180. The number of hydrogen-bond acceptors (Lipinski definition) is 5. The summed E-state index contributed by atoms with van der Waals surface area (Å²) < 4.78 is 27.6. The minimum atomic E-state index is -3.64. The third-order valence-corrected chi connectivity index (χ3v) is 10.2. The van der Waals surface area contributed by atoms with Crippen LogP contribution in [0.4, 0.5) is 11.4 Å². The quantitative estimate of drug-likeness (QED) is 0.242. The molecule has 1 aliphatic rings. The van der Waals surface area contributed by atoms with Gasteiger partial charge in [0.25, 0.3) is 0 Å². The SMILES string of the molecule is CCCC[C@]1(CC)CS(=O)(=O)c2ccc(N(C)C)cc2[C@@H](c2cccc(NC(=O)CCCCBr)c2)[C@H]1O. The number of benzene rings is 2. The first kappa shape index (κ1) is 29.7. The summed E-state index contributed by atoms with van der Waals surface area (Å²) in [4.78, 5) is 14.7. The van der Waals surface area contributed by atoms with Crippen molar-refractivity contribution in [1.82, 2.24) is 0 Å². The molecule has 0 spiro atoms. The average molecular weight is 594 g/mol. The van der Waals surface area contributed by atoms with E-state index in [1.165, 1.54) is 0 Å². The maximum absolute atomic E-state index is 13.8. The molecule has 0 radical (unpaired) electrons. The maximum atomic E-state index is 13.8. The number of halogens is 1. The lowest BCUT2D eigenvalue weighted by Gasteiger charge is -2.39. The molecule has 37 heavy (non-hydrogen) atoms. The Morgan fingerprint density at radius 3 is 2.54 bits per heavy atom. The summed E-state index contributed by atoms with van der Waals surface area (Å²) in [7, 11) is 0.198. The van der Waals surface area contributed by atoms with E-state index in [0.29, 0.717) is 30.5 Å². The highest BCUT2D eigenvalue weighted by molar-refractivity contribution is 9.09. The second kappa shape index (κ2) is 12.8. The van der Waals surface area contributed by atoms with Crippen LogP contribution in [0, 0.1) is 5.41 Å². The molecule has 1 heterocycles. The van der Waals surface area contributed by atoms with E-state index in [2.05, 4.69) is 28.2 Å². The number of hydrogen-bond donors (Lipinski definition) is 2. The lowest BCUT2D eigenvalue weighted by molar-refractivity contribution is -0.116. The van der Waals surface area contributed by atoms with Crippen LogP contribution in [0.15, 0.2) is 47.4 Å². The van der Waals surface area contributed by atoms with E-state index in [0.717, 1.165) is 42.3 Å². The Labute approximate surface area is 230 Å².